The summed E-state index contributed by atoms with van der Waals surface area (Å²) in [4.78, 5) is 11.7. The van der Waals surface area contributed by atoms with Crippen LogP contribution in [0.2, 0.25) is 0 Å². The molecule has 0 fully saturated rings. The van der Waals surface area contributed by atoms with E-state index in [2.05, 4.69) is 0 Å². The Morgan fingerprint density at radius 3 is 2.26 bits per heavy atom. The van der Waals surface area contributed by atoms with Gasteiger partial charge in [-0.25, -0.2) is 4.79 Å². The molecule has 0 aromatic heterocycles. The third-order valence-electron chi connectivity index (χ3n) is 3.02. The maximum Gasteiger partial charge on any atom is 0.337 e. The minimum Gasteiger partial charge on any atom is -0.493 e. The Bertz CT molecular complexity index is 465. The van der Waals surface area contributed by atoms with E-state index >= 15 is 0 Å². The number of esters is 1. The summed E-state index contributed by atoms with van der Waals surface area (Å²) in [6.45, 7) is 3.62. The molecular formula is C14H20O5. The van der Waals surface area contributed by atoms with Gasteiger partial charge in [0.2, 0.25) is 0 Å². The van der Waals surface area contributed by atoms with Gasteiger partial charge in [-0.05, 0) is 12.1 Å². The van der Waals surface area contributed by atoms with Crippen LogP contribution in [0.5, 0.6) is 11.5 Å². The van der Waals surface area contributed by atoms with Crippen LogP contribution in [-0.4, -0.2) is 39.0 Å². The zero-order valence-electron chi connectivity index (χ0n) is 11.9. The van der Waals surface area contributed by atoms with E-state index in [1.54, 1.807) is 12.1 Å². The summed E-state index contributed by atoms with van der Waals surface area (Å²) < 4.78 is 15.3. The average molecular weight is 268 g/mol. The topological polar surface area (TPSA) is 65.0 Å². The molecule has 5 heteroatoms. The van der Waals surface area contributed by atoms with Gasteiger partial charge < -0.3 is 19.3 Å². The molecular weight excluding hydrogens is 248 g/mol. The van der Waals surface area contributed by atoms with Crippen LogP contribution in [0, 0.1) is 0 Å². The number of carbonyl (C=O) groups is 1. The zero-order valence-corrected chi connectivity index (χ0v) is 11.9. The van der Waals surface area contributed by atoms with Crippen molar-refractivity contribution in [3.05, 3.63) is 23.3 Å². The van der Waals surface area contributed by atoms with Gasteiger partial charge in [0.1, 0.15) is 0 Å². The summed E-state index contributed by atoms with van der Waals surface area (Å²) in [5.74, 6) is 0.479. The zero-order chi connectivity index (χ0) is 14.6. The lowest BCUT2D eigenvalue weighted by atomic mass is 9.83. The molecule has 0 heterocycles. The van der Waals surface area contributed by atoms with Crippen LogP contribution in [0.3, 0.4) is 0 Å². The molecule has 0 amide bonds. The Hall–Kier alpha value is -1.75. The van der Waals surface area contributed by atoms with Crippen LogP contribution < -0.4 is 9.47 Å². The third-order valence-corrected chi connectivity index (χ3v) is 3.02. The highest BCUT2D eigenvalue weighted by molar-refractivity contribution is 5.90. The van der Waals surface area contributed by atoms with Crippen LogP contribution in [0.25, 0.3) is 0 Å². The van der Waals surface area contributed by atoms with Crippen molar-refractivity contribution in [1.82, 2.24) is 0 Å². The molecule has 1 N–H and O–H groups in total. The molecule has 0 spiro atoms. The SMILES string of the molecule is COC(=O)c1cc(OC)c(OC)c(C(C)(C)CO)c1. The molecule has 0 aliphatic carbocycles. The highest BCUT2D eigenvalue weighted by Crippen LogP contribution is 2.39. The van der Waals surface area contributed by atoms with E-state index in [0.717, 1.165) is 0 Å². The first kappa shape index (κ1) is 15.3. The second-order valence-electron chi connectivity index (χ2n) is 4.79. The molecule has 0 atom stereocenters. The van der Waals surface area contributed by atoms with Gasteiger partial charge in [-0.15, -0.1) is 0 Å². The van der Waals surface area contributed by atoms with Crippen molar-refractivity contribution in [3.63, 3.8) is 0 Å². The quantitative estimate of drug-likeness (QED) is 0.824. The first-order valence-corrected chi connectivity index (χ1v) is 5.87. The first-order chi connectivity index (χ1) is 8.91. The lowest BCUT2D eigenvalue weighted by Gasteiger charge is -2.26. The van der Waals surface area contributed by atoms with Crippen molar-refractivity contribution in [2.24, 2.45) is 0 Å². The number of aliphatic hydroxyl groups excluding tert-OH is 1. The first-order valence-electron chi connectivity index (χ1n) is 5.87. The van der Waals surface area contributed by atoms with Gasteiger partial charge in [0.05, 0.1) is 33.5 Å². The summed E-state index contributed by atoms with van der Waals surface area (Å²) in [5, 5.41) is 9.51. The summed E-state index contributed by atoms with van der Waals surface area (Å²) in [7, 11) is 4.33. The maximum atomic E-state index is 11.7. The van der Waals surface area contributed by atoms with Gasteiger partial charge in [-0.2, -0.15) is 0 Å². The molecule has 0 saturated heterocycles. The molecule has 5 nitrogen and oxygen atoms in total. The average Bonchev–Trinajstić information content (AvgIpc) is 2.44. The summed E-state index contributed by atoms with van der Waals surface area (Å²) in [5.41, 5.74) is 0.483. The predicted octanol–water partition coefficient (Wildman–Crippen LogP) is 1.76. The molecule has 19 heavy (non-hydrogen) atoms. The number of benzene rings is 1. The van der Waals surface area contributed by atoms with Crippen molar-refractivity contribution in [2.75, 3.05) is 27.9 Å². The standard InChI is InChI=1S/C14H20O5/c1-14(2,8-15)10-6-9(13(16)19-5)7-11(17-3)12(10)18-4/h6-7,15H,8H2,1-5H3. The van der Waals surface area contributed by atoms with Crippen molar-refractivity contribution in [3.8, 4) is 11.5 Å². The molecule has 1 aromatic carbocycles. The molecule has 1 aromatic rings. The van der Waals surface area contributed by atoms with Crippen LogP contribution in [0.15, 0.2) is 12.1 Å². The van der Waals surface area contributed by atoms with Gasteiger partial charge in [0.15, 0.2) is 11.5 Å². The van der Waals surface area contributed by atoms with Gasteiger partial charge in [0, 0.05) is 11.0 Å². The Labute approximate surface area is 113 Å². The van der Waals surface area contributed by atoms with E-state index in [9.17, 15) is 9.90 Å². The molecule has 0 bridgehead atoms. The largest absolute Gasteiger partial charge is 0.493 e. The number of hydrogen-bond donors (Lipinski definition) is 1. The summed E-state index contributed by atoms with van der Waals surface area (Å²) in [6.07, 6.45) is 0. The van der Waals surface area contributed by atoms with Crippen LogP contribution in [0.4, 0.5) is 0 Å². The molecule has 0 unspecified atom stereocenters. The lowest BCUT2D eigenvalue weighted by molar-refractivity contribution is 0.0600. The third kappa shape index (κ3) is 2.98. The van der Waals surface area contributed by atoms with Gasteiger partial charge in [-0.3, -0.25) is 0 Å². The number of hydrogen-bond acceptors (Lipinski definition) is 5. The van der Waals surface area contributed by atoms with E-state index in [1.165, 1.54) is 21.3 Å². The predicted molar refractivity (Wildman–Crippen MR) is 71.0 cm³/mol. The van der Waals surface area contributed by atoms with Crippen molar-refractivity contribution >= 4 is 5.97 Å². The fourth-order valence-corrected chi connectivity index (χ4v) is 1.79. The van der Waals surface area contributed by atoms with Gasteiger partial charge in [-0.1, -0.05) is 13.8 Å². The fourth-order valence-electron chi connectivity index (χ4n) is 1.79. The van der Waals surface area contributed by atoms with E-state index in [0.29, 0.717) is 22.6 Å². The van der Waals surface area contributed by atoms with Gasteiger partial charge >= 0.3 is 5.97 Å². The molecule has 0 radical (unpaired) electrons. The van der Waals surface area contributed by atoms with E-state index in [4.69, 9.17) is 14.2 Å². The summed E-state index contributed by atoms with van der Waals surface area (Å²) in [6, 6.07) is 3.21. The van der Waals surface area contributed by atoms with Crippen LogP contribution >= 0.6 is 0 Å². The number of aliphatic hydroxyl groups is 1. The normalized spacial score (nSPS) is 11.1. The Morgan fingerprint density at radius 1 is 1.21 bits per heavy atom. The maximum absolute atomic E-state index is 11.7. The number of rotatable bonds is 5. The highest BCUT2D eigenvalue weighted by Gasteiger charge is 2.28. The number of ether oxygens (including phenoxy) is 3. The fraction of sp³-hybridized carbons (Fsp3) is 0.500. The van der Waals surface area contributed by atoms with Crippen molar-refractivity contribution in [1.29, 1.82) is 0 Å². The van der Waals surface area contributed by atoms with Gasteiger partial charge in [0.25, 0.3) is 0 Å². The molecule has 0 saturated carbocycles. The monoisotopic (exact) mass is 268 g/mol. The number of methoxy groups -OCH3 is 3. The Morgan fingerprint density at radius 2 is 1.84 bits per heavy atom. The smallest absolute Gasteiger partial charge is 0.337 e. The molecule has 1 rings (SSSR count). The second-order valence-corrected chi connectivity index (χ2v) is 4.79. The minimum atomic E-state index is -0.567. The molecule has 0 aliphatic heterocycles. The van der Waals surface area contributed by atoms with E-state index in [-0.39, 0.29) is 6.61 Å². The van der Waals surface area contributed by atoms with Crippen molar-refractivity contribution in [2.45, 2.75) is 19.3 Å². The second kappa shape index (κ2) is 5.93. The van der Waals surface area contributed by atoms with Crippen molar-refractivity contribution < 1.29 is 24.1 Å². The summed E-state index contributed by atoms with van der Waals surface area (Å²) >= 11 is 0. The Balaban J connectivity index is 3.53. The number of carbonyl (C=O) groups excluding carboxylic acids is 1. The highest BCUT2D eigenvalue weighted by atomic mass is 16.5. The lowest BCUT2D eigenvalue weighted by Crippen LogP contribution is -2.24. The molecule has 0 aliphatic rings. The Kier molecular flexibility index (Phi) is 4.78. The van der Waals surface area contributed by atoms with E-state index < -0.39 is 11.4 Å². The van der Waals surface area contributed by atoms with E-state index in [1.807, 2.05) is 13.8 Å². The molecule has 106 valence electrons. The van der Waals surface area contributed by atoms with Crippen LogP contribution in [-0.2, 0) is 10.2 Å². The van der Waals surface area contributed by atoms with Crippen LogP contribution in [0.1, 0.15) is 29.8 Å². The minimum absolute atomic E-state index is 0.0862.